The van der Waals surface area contributed by atoms with Crippen LogP contribution >= 0.6 is 0 Å². The van der Waals surface area contributed by atoms with Crippen LogP contribution in [0.5, 0.6) is 0 Å². The lowest BCUT2D eigenvalue weighted by atomic mass is 10.1. The van der Waals surface area contributed by atoms with Crippen LogP contribution in [-0.2, 0) is 0 Å². The first-order valence-corrected chi connectivity index (χ1v) is 6.88. The van der Waals surface area contributed by atoms with Crippen LogP contribution in [0.1, 0.15) is 0 Å². The summed E-state index contributed by atoms with van der Waals surface area (Å²) in [5.74, 6) is 0. The largest absolute Gasteiger partial charge is 0.321 e. The Labute approximate surface area is 129 Å². The first-order valence-electron chi connectivity index (χ1n) is 6.88. The number of nitrogens with zero attached hydrogens (tertiary/aromatic N) is 3. The van der Waals surface area contributed by atoms with E-state index in [4.69, 9.17) is 0 Å². The molecule has 0 bridgehead atoms. The predicted octanol–water partition coefficient (Wildman–Crippen LogP) is 2.70. The molecular weight excluding hydrogens is 296 g/mol. The number of hydrogen-bond acceptors (Lipinski definition) is 4. The molecule has 0 unspecified atom stereocenters. The molecule has 0 saturated carbocycles. The van der Waals surface area contributed by atoms with Crippen LogP contribution in [0.15, 0.2) is 59.7 Å². The first-order chi connectivity index (χ1) is 11.1. The fourth-order valence-electron chi connectivity index (χ4n) is 2.64. The molecule has 23 heavy (non-hydrogen) atoms. The zero-order valence-corrected chi connectivity index (χ0v) is 11.8. The Morgan fingerprint density at radius 2 is 1.91 bits per heavy atom. The van der Waals surface area contributed by atoms with Crippen molar-refractivity contribution in [3.05, 3.63) is 75.3 Å². The molecule has 2 aliphatic rings. The van der Waals surface area contributed by atoms with Crippen LogP contribution in [-0.4, -0.2) is 19.3 Å². The molecule has 0 atom stereocenters. The van der Waals surface area contributed by atoms with Crippen molar-refractivity contribution in [1.29, 1.82) is 0 Å². The Kier molecular flexibility index (Phi) is 2.74. The number of H-pyrrole nitrogens is 1. The molecule has 7 heteroatoms. The van der Waals surface area contributed by atoms with Gasteiger partial charge in [-0.05, 0) is 12.1 Å². The summed E-state index contributed by atoms with van der Waals surface area (Å²) in [5, 5.41) is 10.9. The number of rotatable bonds is 2. The molecule has 4 rings (SSSR count). The number of aromatic nitrogens is 3. The van der Waals surface area contributed by atoms with Gasteiger partial charge in [-0.1, -0.05) is 24.3 Å². The van der Waals surface area contributed by atoms with Gasteiger partial charge in [-0.3, -0.25) is 19.3 Å². The molecule has 2 aromatic heterocycles. The number of aromatic amines is 1. The topological polar surface area (TPSA) is 93.3 Å². The highest BCUT2D eigenvalue weighted by Gasteiger charge is 2.18. The number of imidazole rings is 1. The Balaban J connectivity index is 1.96. The summed E-state index contributed by atoms with van der Waals surface area (Å²) in [6, 6.07) is 12.2. The van der Waals surface area contributed by atoms with Crippen molar-refractivity contribution in [2.45, 2.75) is 0 Å². The van der Waals surface area contributed by atoms with E-state index in [-0.39, 0.29) is 11.2 Å². The van der Waals surface area contributed by atoms with Crippen LogP contribution in [0.25, 0.3) is 28.2 Å². The molecule has 1 N–H and O–H groups in total. The van der Waals surface area contributed by atoms with Crippen molar-refractivity contribution in [3.63, 3.8) is 0 Å². The predicted molar refractivity (Wildman–Crippen MR) is 84.5 cm³/mol. The minimum Gasteiger partial charge on any atom is -0.321 e. The summed E-state index contributed by atoms with van der Waals surface area (Å²) in [6.45, 7) is 0. The highest BCUT2D eigenvalue weighted by atomic mass is 16.6. The average Bonchev–Trinajstić information content (AvgIpc) is 2.99. The van der Waals surface area contributed by atoms with E-state index in [0.717, 1.165) is 11.3 Å². The SMILES string of the molecule is O=c1[nH]c2cccccc-2c1-c1cn2cc([N+](=O)[O-])ccc2n1. The third kappa shape index (κ3) is 2.06. The molecule has 0 spiro atoms. The maximum atomic E-state index is 12.3. The Morgan fingerprint density at radius 1 is 1.09 bits per heavy atom. The van der Waals surface area contributed by atoms with Crippen molar-refractivity contribution in [2.24, 2.45) is 0 Å². The molecule has 0 saturated heterocycles. The molecule has 7 nitrogen and oxygen atoms in total. The van der Waals surface area contributed by atoms with Gasteiger partial charge in [0, 0.05) is 23.5 Å². The fourth-order valence-corrected chi connectivity index (χ4v) is 2.64. The number of nitrogens with one attached hydrogen (secondary N) is 1. The van der Waals surface area contributed by atoms with Gasteiger partial charge in [0.1, 0.15) is 5.65 Å². The normalized spacial score (nSPS) is 11.1. The molecule has 1 aliphatic carbocycles. The third-order valence-corrected chi connectivity index (χ3v) is 3.69. The minimum atomic E-state index is -0.468. The quantitative estimate of drug-likeness (QED) is 0.455. The van der Waals surface area contributed by atoms with E-state index in [2.05, 4.69) is 9.97 Å². The number of hydrogen-bond donors (Lipinski definition) is 1. The van der Waals surface area contributed by atoms with Gasteiger partial charge in [0.05, 0.1) is 22.4 Å². The lowest BCUT2D eigenvalue weighted by Crippen LogP contribution is -2.00. The Bertz CT molecular complexity index is 1080. The van der Waals surface area contributed by atoms with E-state index in [0.29, 0.717) is 16.9 Å². The molecule has 3 heterocycles. The zero-order valence-electron chi connectivity index (χ0n) is 11.8. The minimum absolute atomic E-state index is 0.0332. The number of nitro groups is 1. The van der Waals surface area contributed by atoms with Gasteiger partial charge in [-0.25, -0.2) is 4.98 Å². The zero-order chi connectivity index (χ0) is 16.0. The van der Waals surface area contributed by atoms with Crippen LogP contribution < -0.4 is 5.56 Å². The Hall–Kier alpha value is -3.48. The van der Waals surface area contributed by atoms with Gasteiger partial charge in [0.15, 0.2) is 0 Å². The van der Waals surface area contributed by atoms with E-state index in [9.17, 15) is 14.9 Å². The summed E-state index contributed by atoms with van der Waals surface area (Å²) >= 11 is 0. The monoisotopic (exact) mass is 306 g/mol. The van der Waals surface area contributed by atoms with Crippen molar-refractivity contribution < 1.29 is 4.92 Å². The standard InChI is InChI=1S/C16H10N4O3/c21-16-15(11-4-2-1-3-5-12(11)18-16)13-9-19-8-10(20(22)23)6-7-14(19)17-13/h1-9H,(H,18,21). The first kappa shape index (κ1) is 13.2. The maximum Gasteiger partial charge on any atom is 0.286 e. The highest BCUT2D eigenvalue weighted by Crippen LogP contribution is 2.29. The smallest absolute Gasteiger partial charge is 0.286 e. The van der Waals surface area contributed by atoms with Gasteiger partial charge in [-0.15, -0.1) is 0 Å². The third-order valence-electron chi connectivity index (χ3n) is 3.69. The molecule has 0 radical (unpaired) electrons. The molecule has 112 valence electrons. The van der Waals surface area contributed by atoms with Crippen molar-refractivity contribution in [2.75, 3.05) is 0 Å². The van der Waals surface area contributed by atoms with Crippen molar-refractivity contribution in [3.8, 4) is 22.5 Å². The highest BCUT2D eigenvalue weighted by molar-refractivity contribution is 5.82. The van der Waals surface area contributed by atoms with Crippen molar-refractivity contribution >= 4 is 11.3 Å². The number of fused-ring (bicyclic) bond motifs is 2. The second-order valence-corrected chi connectivity index (χ2v) is 5.10. The number of pyridine rings is 1. The molecular formula is C16H10N4O3. The van der Waals surface area contributed by atoms with E-state index in [1.165, 1.54) is 12.3 Å². The maximum absolute atomic E-state index is 12.3. The Morgan fingerprint density at radius 3 is 2.74 bits per heavy atom. The second kappa shape index (κ2) is 4.77. The molecule has 0 amide bonds. The van der Waals surface area contributed by atoms with E-state index >= 15 is 0 Å². The van der Waals surface area contributed by atoms with Crippen LogP contribution in [0, 0.1) is 10.1 Å². The van der Waals surface area contributed by atoms with Crippen LogP contribution in [0.4, 0.5) is 5.69 Å². The van der Waals surface area contributed by atoms with Crippen LogP contribution in [0.3, 0.4) is 0 Å². The van der Waals surface area contributed by atoms with E-state index in [1.807, 2.05) is 30.3 Å². The van der Waals surface area contributed by atoms with Gasteiger partial charge < -0.3 is 4.98 Å². The summed E-state index contributed by atoms with van der Waals surface area (Å²) in [5.41, 5.74) is 2.70. The average molecular weight is 306 g/mol. The van der Waals surface area contributed by atoms with E-state index < -0.39 is 4.92 Å². The van der Waals surface area contributed by atoms with Gasteiger partial charge in [0.2, 0.25) is 0 Å². The van der Waals surface area contributed by atoms with Gasteiger partial charge in [-0.2, -0.15) is 0 Å². The van der Waals surface area contributed by atoms with Gasteiger partial charge in [0.25, 0.3) is 11.2 Å². The second-order valence-electron chi connectivity index (χ2n) is 5.10. The molecule has 1 aliphatic heterocycles. The molecule has 0 aromatic carbocycles. The van der Waals surface area contributed by atoms with Crippen molar-refractivity contribution in [1.82, 2.24) is 14.4 Å². The fraction of sp³-hybridized carbons (Fsp3) is 0. The summed E-state index contributed by atoms with van der Waals surface area (Å²) in [4.78, 5) is 29.9. The summed E-state index contributed by atoms with van der Waals surface area (Å²) in [7, 11) is 0. The summed E-state index contributed by atoms with van der Waals surface area (Å²) < 4.78 is 1.55. The van der Waals surface area contributed by atoms with Gasteiger partial charge >= 0.3 is 0 Å². The molecule has 2 aromatic rings. The van der Waals surface area contributed by atoms with E-state index in [1.54, 1.807) is 16.7 Å². The lowest BCUT2D eigenvalue weighted by Gasteiger charge is -1.94. The molecule has 0 fully saturated rings. The summed E-state index contributed by atoms with van der Waals surface area (Å²) in [6.07, 6.45) is 3.00. The lowest BCUT2D eigenvalue weighted by molar-refractivity contribution is -0.385. The van der Waals surface area contributed by atoms with Crippen LogP contribution in [0.2, 0.25) is 0 Å².